The molecule has 2 heterocycles. The number of pyridine rings is 1. The van der Waals surface area contributed by atoms with Gasteiger partial charge in [0, 0.05) is 18.3 Å². The molecule has 1 fully saturated rings. The number of halogens is 1. The zero-order valence-electron chi connectivity index (χ0n) is 14.6. The predicted molar refractivity (Wildman–Crippen MR) is 114 cm³/mol. The summed E-state index contributed by atoms with van der Waals surface area (Å²) in [5, 5.41) is 3.05. The zero-order valence-corrected chi connectivity index (χ0v) is 16.9. The summed E-state index contributed by atoms with van der Waals surface area (Å²) in [6.07, 6.45) is 4.07. The SMILES string of the molecule is CC1(CN=C(N)Nc2ccccn2)CCCN1Cc1ccccc1.I. The fraction of sp³-hybridized carbons (Fsp3) is 0.368. The quantitative estimate of drug-likeness (QED) is 0.415. The molecule has 0 radical (unpaired) electrons. The Labute approximate surface area is 166 Å². The number of nitrogens with one attached hydrogen (secondary N) is 1. The molecule has 0 saturated carbocycles. The maximum Gasteiger partial charge on any atom is 0.194 e. The number of aliphatic imine (C=N–C) groups is 1. The van der Waals surface area contributed by atoms with Gasteiger partial charge >= 0.3 is 0 Å². The third-order valence-corrected chi connectivity index (χ3v) is 4.63. The maximum atomic E-state index is 6.02. The van der Waals surface area contributed by atoms with Crippen molar-refractivity contribution in [2.24, 2.45) is 10.7 Å². The largest absolute Gasteiger partial charge is 0.370 e. The fourth-order valence-corrected chi connectivity index (χ4v) is 3.19. The van der Waals surface area contributed by atoms with Crippen molar-refractivity contribution in [3.8, 4) is 0 Å². The van der Waals surface area contributed by atoms with E-state index in [2.05, 4.69) is 57.4 Å². The molecule has 0 bridgehead atoms. The minimum Gasteiger partial charge on any atom is -0.370 e. The van der Waals surface area contributed by atoms with Gasteiger partial charge in [-0.1, -0.05) is 36.4 Å². The molecule has 1 atom stereocenters. The lowest BCUT2D eigenvalue weighted by atomic mass is 9.98. The van der Waals surface area contributed by atoms with Gasteiger partial charge in [-0.3, -0.25) is 9.89 Å². The third-order valence-electron chi connectivity index (χ3n) is 4.63. The number of benzene rings is 1. The van der Waals surface area contributed by atoms with Crippen molar-refractivity contribution in [2.45, 2.75) is 31.8 Å². The van der Waals surface area contributed by atoms with Gasteiger partial charge in [0.05, 0.1) is 6.54 Å². The Hall–Kier alpha value is -1.67. The van der Waals surface area contributed by atoms with Crippen LogP contribution in [0.15, 0.2) is 59.7 Å². The van der Waals surface area contributed by atoms with E-state index in [1.54, 1.807) is 6.20 Å². The molecule has 3 rings (SSSR count). The first-order chi connectivity index (χ1) is 11.7. The second-order valence-corrected chi connectivity index (χ2v) is 6.55. The normalized spacial score (nSPS) is 20.9. The van der Waals surface area contributed by atoms with E-state index in [0.717, 1.165) is 25.3 Å². The van der Waals surface area contributed by atoms with Gasteiger partial charge in [0.1, 0.15) is 5.82 Å². The van der Waals surface area contributed by atoms with Crippen molar-refractivity contribution in [2.75, 3.05) is 18.4 Å². The summed E-state index contributed by atoms with van der Waals surface area (Å²) < 4.78 is 0. The number of nitrogens with zero attached hydrogens (tertiary/aromatic N) is 3. The van der Waals surface area contributed by atoms with E-state index >= 15 is 0 Å². The van der Waals surface area contributed by atoms with E-state index < -0.39 is 0 Å². The Kier molecular flexibility index (Phi) is 7.19. The molecule has 5 nitrogen and oxygen atoms in total. The molecule has 1 aliphatic rings. The Morgan fingerprint density at radius 1 is 1.24 bits per heavy atom. The van der Waals surface area contributed by atoms with Gasteiger partial charge in [0.15, 0.2) is 5.96 Å². The topological polar surface area (TPSA) is 66.5 Å². The monoisotopic (exact) mass is 451 g/mol. The van der Waals surface area contributed by atoms with E-state index in [0.29, 0.717) is 12.5 Å². The summed E-state index contributed by atoms with van der Waals surface area (Å²) in [5.41, 5.74) is 7.41. The lowest BCUT2D eigenvalue weighted by Gasteiger charge is -2.34. The summed E-state index contributed by atoms with van der Waals surface area (Å²) in [6.45, 7) is 5.03. The van der Waals surface area contributed by atoms with Crippen LogP contribution in [0.5, 0.6) is 0 Å². The van der Waals surface area contributed by atoms with Crippen molar-refractivity contribution >= 4 is 35.8 Å². The summed E-state index contributed by atoms with van der Waals surface area (Å²) in [4.78, 5) is 11.3. The highest BCUT2D eigenvalue weighted by molar-refractivity contribution is 14.0. The number of likely N-dealkylation sites (tertiary alicyclic amines) is 1. The van der Waals surface area contributed by atoms with E-state index in [4.69, 9.17) is 5.73 Å². The molecule has 0 spiro atoms. The first kappa shape index (κ1) is 19.7. The predicted octanol–water partition coefficient (Wildman–Crippen LogP) is 3.48. The fourth-order valence-electron chi connectivity index (χ4n) is 3.19. The number of aromatic nitrogens is 1. The minimum atomic E-state index is 0. The number of hydrogen-bond donors (Lipinski definition) is 2. The van der Waals surface area contributed by atoms with Gasteiger partial charge in [-0.25, -0.2) is 4.98 Å². The molecule has 1 unspecified atom stereocenters. The first-order valence-corrected chi connectivity index (χ1v) is 8.43. The standard InChI is InChI=1S/C19H25N5.HI/c1-19(15-22-18(20)23-17-10-5-6-12-21-17)11-7-13-24(19)14-16-8-3-2-4-9-16;/h2-6,8-10,12H,7,11,13-15H2,1H3,(H3,20,21,22,23);1H. The van der Waals surface area contributed by atoms with E-state index in [-0.39, 0.29) is 29.5 Å². The van der Waals surface area contributed by atoms with Crippen molar-refractivity contribution in [1.82, 2.24) is 9.88 Å². The summed E-state index contributed by atoms with van der Waals surface area (Å²) in [6, 6.07) is 16.3. The second kappa shape index (κ2) is 9.15. The van der Waals surface area contributed by atoms with Gasteiger partial charge in [0.25, 0.3) is 0 Å². The van der Waals surface area contributed by atoms with Crippen LogP contribution in [0.2, 0.25) is 0 Å². The second-order valence-electron chi connectivity index (χ2n) is 6.55. The molecule has 25 heavy (non-hydrogen) atoms. The van der Waals surface area contributed by atoms with Gasteiger partial charge < -0.3 is 11.1 Å². The molecule has 1 aromatic carbocycles. The minimum absolute atomic E-state index is 0. The molecule has 1 saturated heterocycles. The molecule has 0 amide bonds. The van der Waals surface area contributed by atoms with E-state index in [1.807, 2.05) is 18.2 Å². The average Bonchev–Trinajstić information content (AvgIpc) is 2.96. The molecule has 0 aliphatic carbocycles. The Balaban J connectivity index is 0.00000225. The van der Waals surface area contributed by atoms with Crippen LogP contribution in [0.4, 0.5) is 5.82 Å². The highest BCUT2D eigenvalue weighted by Crippen LogP contribution is 2.30. The van der Waals surface area contributed by atoms with E-state index in [1.165, 1.54) is 12.0 Å². The van der Waals surface area contributed by atoms with Gasteiger partial charge in [-0.15, -0.1) is 24.0 Å². The number of guanidine groups is 1. The molecular formula is C19H26IN5. The number of hydrogen-bond acceptors (Lipinski definition) is 3. The molecule has 1 aliphatic heterocycles. The highest BCUT2D eigenvalue weighted by Gasteiger charge is 2.36. The number of nitrogens with two attached hydrogens (primary N) is 1. The molecule has 6 heteroatoms. The van der Waals surface area contributed by atoms with Crippen LogP contribution in [0.1, 0.15) is 25.3 Å². The molecule has 3 N–H and O–H groups in total. The number of rotatable bonds is 5. The first-order valence-electron chi connectivity index (χ1n) is 8.43. The van der Waals surface area contributed by atoms with Crippen LogP contribution in [-0.4, -0.2) is 34.5 Å². The molecule has 1 aromatic heterocycles. The van der Waals surface area contributed by atoms with Crippen LogP contribution in [0.3, 0.4) is 0 Å². The molecule has 2 aromatic rings. The molecular weight excluding hydrogens is 425 g/mol. The van der Waals surface area contributed by atoms with Crippen LogP contribution in [0.25, 0.3) is 0 Å². The molecule has 134 valence electrons. The lowest BCUT2D eigenvalue weighted by Crippen LogP contribution is -2.44. The van der Waals surface area contributed by atoms with Crippen LogP contribution >= 0.6 is 24.0 Å². The Morgan fingerprint density at radius 2 is 2.00 bits per heavy atom. The van der Waals surface area contributed by atoms with Crippen molar-refractivity contribution < 1.29 is 0 Å². The summed E-state index contributed by atoms with van der Waals surface area (Å²) >= 11 is 0. The van der Waals surface area contributed by atoms with Gasteiger partial charge in [-0.2, -0.15) is 0 Å². The van der Waals surface area contributed by atoms with Gasteiger partial charge in [0.2, 0.25) is 0 Å². The van der Waals surface area contributed by atoms with Crippen LogP contribution in [0, 0.1) is 0 Å². The highest BCUT2D eigenvalue weighted by atomic mass is 127. The van der Waals surface area contributed by atoms with Crippen molar-refractivity contribution in [1.29, 1.82) is 0 Å². The van der Waals surface area contributed by atoms with Crippen molar-refractivity contribution in [3.05, 3.63) is 60.3 Å². The van der Waals surface area contributed by atoms with E-state index in [9.17, 15) is 0 Å². The zero-order chi connectivity index (χ0) is 16.8. The van der Waals surface area contributed by atoms with Crippen molar-refractivity contribution in [3.63, 3.8) is 0 Å². The Morgan fingerprint density at radius 3 is 2.72 bits per heavy atom. The average molecular weight is 451 g/mol. The summed E-state index contributed by atoms with van der Waals surface area (Å²) in [7, 11) is 0. The summed E-state index contributed by atoms with van der Waals surface area (Å²) in [5.74, 6) is 1.14. The van der Waals surface area contributed by atoms with Gasteiger partial charge in [-0.05, 0) is 44.0 Å². The third kappa shape index (κ3) is 5.40. The number of anilines is 1. The Bertz CT molecular complexity index is 677. The maximum absolute atomic E-state index is 6.02. The van der Waals surface area contributed by atoms with Crippen LogP contribution < -0.4 is 11.1 Å². The van der Waals surface area contributed by atoms with Crippen LogP contribution in [-0.2, 0) is 6.54 Å². The smallest absolute Gasteiger partial charge is 0.194 e. The lowest BCUT2D eigenvalue weighted by molar-refractivity contribution is 0.155.